The second kappa shape index (κ2) is 9.71. The fourth-order valence-corrected chi connectivity index (χ4v) is 3.47. The van der Waals surface area contributed by atoms with Gasteiger partial charge in [-0.05, 0) is 52.2 Å². The van der Waals surface area contributed by atoms with Crippen molar-refractivity contribution in [3.8, 4) is 5.75 Å². The molecule has 0 aliphatic carbocycles. The highest BCUT2D eigenvalue weighted by molar-refractivity contribution is 9.10. The standard InChI is InChI=1S/C21H23BrN2O4/c1-2-15-7-8-19(17(22)13-15)28-14-20(25)23-18-6-4-3-5-16(18)21(26)24-9-11-27-12-10-24/h3-8,13H,2,9-12,14H2,1H3,(H,23,25). The highest BCUT2D eigenvalue weighted by Crippen LogP contribution is 2.26. The van der Waals surface area contributed by atoms with Crippen LogP contribution in [0.25, 0.3) is 0 Å². The zero-order chi connectivity index (χ0) is 19.9. The van der Waals surface area contributed by atoms with Crippen LogP contribution in [0.4, 0.5) is 5.69 Å². The van der Waals surface area contributed by atoms with E-state index < -0.39 is 0 Å². The first kappa shape index (κ1) is 20.4. The molecule has 148 valence electrons. The summed E-state index contributed by atoms with van der Waals surface area (Å²) in [5.41, 5.74) is 2.12. The molecular formula is C21H23BrN2O4. The Kier molecular flexibility index (Phi) is 7.06. The van der Waals surface area contributed by atoms with Crippen molar-refractivity contribution in [1.82, 2.24) is 4.90 Å². The van der Waals surface area contributed by atoms with Gasteiger partial charge >= 0.3 is 0 Å². The number of amides is 2. The number of benzene rings is 2. The van der Waals surface area contributed by atoms with E-state index in [1.54, 1.807) is 29.2 Å². The van der Waals surface area contributed by atoms with Crippen molar-refractivity contribution in [2.24, 2.45) is 0 Å². The summed E-state index contributed by atoms with van der Waals surface area (Å²) in [6.07, 6.45) is 0.924. The van der Waals surface area contributed by atoms with Crippen molar-refractivity contribution in [3.05, 3.63) is 58.1 Å². The number of ether oxygens (including phenoxy) is 2. The van der Waals surface area contributed by atoms with Crippen molar-refractivity contribution < 1.29 is 19.1 Å². The van der Waals surface area contributed by atoms with Gasteiger partial charge in [-0.1, -0.05) is 25.1 Å². The van der Waals surface area contributed by atoms with Crippen molar-refractivity contribution in [2.75, 3.05) is 38.2 Å². The Morgan fingerprint density at radius 2 is 1.93 bits per heavy atom. The zero-order valence-electron chi connectivity index (χ0n) is 15.7. The summed E-state index contributed by atoms with van der Waals surface area (Å²) in [6.45, 7) is 4.08. The van der Waals surface area contributed by atoms with Gasteiger partial charge in [-0.3, -0.25) is 9.59 Å². The van der Waals surface area contributed by atoms with Crippen LogP contribution in [0.2, 0.25) is 0 Å². The number of aryl methyl sites for hydroxylation is 1. The maximum atomic E-state index is 12.8. The van der Waals surface area contributed by atoms with Crippen molar-refractivity contribution in [2.45, 2.75) is 13.3 Å². The molecule has 3 rings (SSSR count). The van der Waals surface area contributed by atoms with Crippen LogP contribution in [0.3, 0.4) is 0 Å². The lowest BCUT2D eigenvalue weighted by Crippen LogP contribution is -2.41. The molecule has 2 aromatic rings. The highest BCUT2D eigenvalue weighted by atomic mass is 79.9. The average Bonchev–Trinajstić information content (AvgIpc) is 2.73. The molecule has 1 fully saturated rings. The maximum Gasteiger partial charge on any atom is 0.262 e. The van der Waals surface area contributed by atoms with Crippen molar-refractivity contribution in [3.63, 3.8) is 0 Å². The number of nitrogens with one attached hydrogen (secondary N) is 1. The van der Waals surface area contributed by atoms with Gasteiger partial charge in [0.2, 0.25) is 0 Å². The fourth-order valence-electron chi connectivity index (χ4n) is 2.93. The van der Waals surface area contributed by atoms with Gasteiger partial charge in [0.1, 0.15) is 5.75 Å². The van der Waals surface area contributed by atoms with Crippen molar-refractivity contribution in [1.29, 1.82) is 0 Å². The van der Waals surface area contributed by atoms with E-state index in [1.807, 2.05) is 18.2 Å². The van der Waals surface area contributed by atoms with Crippen molar-refractivity contribution >= 4 is 33.4 Å². The van der Waals surface area contributed by atoms with E-state index in [0.29, 0.717) is 43.3 Å². The van der Waals surface area contributed by atoms with Crippen LogP contribution in [-0.4, -0.2) is 49.6 Å². The molecule has 7 heteroatoms. The molecule has 1 aliphatic rings. The number of carbonyl (C=O) groups is 2. The van der Waals surface area contributed by atoms with Crippen LogP contribution in [0.15, 0.2) is 46.9 Å². The number of anilines is 1. The van der Waals surface area contributed by atoms with Crippen LogP contribution in [0.5, 0.6) is 5.75 Å². The third-order valence-corrected chi connectivity index (χ3v) is 5.11. The molecule has 0 radical (unpaired) electrons. The summed E-state index contributed by atoms with van der Waals surface area (Å²) in [5, 5.41) is 2.78. The Bertz CT molecular complexity index is 850. The van der Waals surface area contributed by atoms with Gasteiger partial charge in [0, 0.05) is 13.1 Å². The SMILES string of the molecule is CCc1ccc(OCC(=O)Nc2ccccc2C(=O)N2CCOCC2)c(Br)c1. The molecule has 0 aromatic heterocycles. The summed E-state index contributed by atoms with van der Waals surface area (Å²) >= 11 is 3.46. The largest absolute Gasteiger partial charge is 0.483 e. The van der Waals surface area contributed by atoms with Gasteiger partial charge in [-0.25, -0.2) is 0 Å². The summed E-state index contributed by atoms with van der Waals surface area (Å²) in [6, 6.07) is 12.8. The van der Waals surface area contributed by atoms with Crippen LogP contribution in [0.1, 0.15) is 22.8 Å². The Morgan fingerprint density at radius 1 is 1.18 bits per heavy atom. The minimum Gasteiger partial charge on any atom is -0.483 e. The van der Waals surface area contributed by atoms with E-state index in [0.717, 1.165) is 10.9 Å². The lowest BCUT2D eigenvalue weighted by atomic mass is 10.1. The van der Waals surface area contributed by atoms with E-state index in [-0.39, 0.29) is 18.4 Å². The molecule has 2 aromatic carbocycles. The minimum atomic E-state index is -0.325. The van der Waals surface area contributed by atoms with Gasteiger partial charge < -0.3 is 19.7 Å². The summed E-state index contributed by atoms with van der Waals surface area (Å²) in [5.74, 6) is 0.164. The number of nitrogens with zero attached hydrogens (tertiary/aromatic N) is 1. The first-order valence-corrected chi connectivity index (χ1v) is 10.0. The number of hydrogen-bond acceptors (Lipinski definition) is 4. The molecule has 0 bridgehead atoms. The molecule has 1 heterocycles. The van der Waals surface area contributed by atoms with Crippen LogP contribution < -0.4 is 10.1 Å². The molecule has 1 aliphatic heterocycles. The Hall–Kier alpha value is -2.38. The highest BCUT2D eigenvalue weighted by Gasteiger charge is 2.21. The zero-order valence-corrected chi connectivity index (χ0v) is 17.3. The normalized spacial score (nSPS) is 13.9. The predicted octanol–water partition coefficient (Wildman–Crippen LogP) is 3.50. The number of para-hydroxylation sites is 1. The lowest BCUT2D eigenvalue weighted by Gasteiger charge is -2.27. The first-order valence-electron chi connectivity index (χ1n) is 9.25. The lowest BCUT2D eigenvalue weighted by molar-refractivity contribution is -0.118. The summed E-state index contributed by atoms with van der Waals surface area (Å²) < 4.78 is 11.7. The molecule has 28 heavy (non-hydrogen) atoms. The molecule has 0 unspecified atom stereocenters. The molecule has 0 saturated carbocycles. The minimum absolute atomic E-state index is 0.113. The van der Waals surface area contributed by atoms with E-state index in [1.165, 1.54) is 5.56 Å². The van der Waals surface area contributed by atoms with Gasteiger partial charge in [0.15, 0.2) is 6.61 Å². The van der Waals surface area contributed by atoms with E-state index >= 15 is 0 Å². The third kappa shape index (κ3) is 5.11. The summed E-state index contributed by atoms with van der Waals surface area (Å²) in [7, 11) is 0. The van der Waals surface area contributed by atoms with Crippen LogP contribution in [0, 0.1) is 0 Å². The second-order valence-electron chi connectivity index (χ2n) is 6.41. The summed E-state index contributed by atoms with van der Waals surface area (Å²) in [4.78, 5) is 26.9. The topological polar surface area (TPSA) is 67.9 Å². The molecule has 0 spiro atoms. The number of hydrogen-bond donors (Lipinski definition) is 1. The fraction of sp³-hybridized carbons (Fsp3) is 0.333. The number of carbonyl (C=O) groups excluding carboxylic acids is 2. The molecular weight excluding hydrogens is 424 g/mol. The second-order valence-corrected chi connectivity index (χ2v) is 7.26. The number of rotatable bonds is 6. The molecule has 0 atom stereocenters. The number of morpholine rings is 1. The first-order chi connectivity index (χ1) is 13.6. The maximum absolute atomic E-state index is 12.8. The van der Waals surface area contributed by atoms with Gasteiger partial charge in [0.05, 0.1) is 28.9 Å². The quantitative estimate of drug-likeness (QED) is 0.736. The molecule has 1 N–H and O–H groups in total. The Morgan fingerprint density at radius 3 is 2.64 bits per heavy atom. The van der Waals surface area contributed by atoms with E-state index in [2.05, 4.69) is 28.2 Å². The van der Waals surface area contributed by atoms with E-state index in [4.69, 9.17) is 9.47 Å². The third-order valence-electron chi connectivity index (χ3n) is 4.49. The Labute approximate surface area is 172 Å². The smallest absolute Gasteiger partial charge is 0.262 e. The number of halogens is 1. The molecule has 2 amide bonds. The average molecular weight is 447 g/mol. The molecule has 6 nitrogen and oxygen atoms in total. The molecule has 1 saturated heterocycles. The predicted molar refractivity (Wildman–Crippen MR) is 111 cm³/mol. The van der Waals surface area contributed by atoms with Gasteiger partial charge in [-0.15, -0.1) is 0 Å². The van der Waals surface area contributed by atoms with E-state index in [9.17, 15) is 9.59 Å². The van der Waals surface area contributed by atoms with Gasteiger partial charge in [-0.2, -0.15) is 0 Å². The van der Waals surface area contributed by atoms with Crippen LogP contribution in [-0.2, 0) is 16.0 Å². The monoisotopic (exact) mass is 446 g/mol. The van der Waals surface area contributed by atoms with Crippen LogP contribution >= 0.6 is 15.9 Å². The van der Waals surface area contributed by atoms with Gasteiger partial charge in [0.25, 0.3) is 11.8 Å². The Balaban J connectivity index is 1.63.